The Morgan fingerprint density at radius 3 is 3.11 bits per heavy atom. The molecule has 0 saturated carbocycles. The average Bonchev–Trinajstić information content (AvgIpc) is 2.86. The van der Waals surface area contributed by atoms with Gasteiger partial charge in [-0.1, -0.05) is 6.07 Å². The van der Waals surface area contributed by atoms with Crippen molar-refractivity contribution < 1.29 is 5.11 Å². The number of aliphatic hydroxyl groups is 1. The maximum Gasteiger partial charge on any atom is 0.258 e. The number of hydrogen-bond acceptors (Lipinski definition) is 4. The lowest BCUT2D eigenvalue weighted by Crippen LogP contribution is -2.24. The summed E-state index contributed by atoms with van der Waals surface area (Å²) in [6.07, 6.45) is 2.75. The summed E-state index contributed by atoms with van der Waals surface area (Å²) in [6, 6.07) is 7.13. The second kappa shape index (κ2) is 5.11. The van der Waals surface area contributed by atoms with Crippen molar-refractivity contribution in [3.63, 3.8) is 0 Å². The molecule has 1 unspecified atom stereocenters. The van der Waals surface area contributed by atoms with Crippen molar-refractivity contribution in [3.8, 4) is 0 Å². The van der Waals surface area contributed by atoms with Crippen molar-refractivity contribution in [1.82, 2.24) is 14.3 Å². The molecular formula is C14H17N3O2. The molecule has 0 aromatic carbocycles. The van der Waals surface area contributed by atoms with E-state index in [2.05, 4.69) is 9.88 Å². The van der Waals surface area contributed by atoms with Crippen LogP contribution in [0.1, 0.15) is 12.1 Å². The fourth-order valence-corrected chi connectivity index (χ4v) is 2.62. The highest BCUT2D eigenvalue weighted by atomic mass is 16.3. The van der Waals surface area contributed by atoms with Gasteiger partial charge in [-0.15, -0.1) is 0 Å². The van der Waals surface area contributed by atoms with E-state index in [4.69, 9.17) is 5.11 Å². The predicted molar refractivity (Wildman–Crippen MR) is 71.9 cm³/mol. The van der Waals surface area contributed by atoms with Crippen molar-refractivity contribution in [2.75, 3.05) is 19.7 Å². The Hall–Kier alpha value is -1.72. The maximum absolute atomic E-state index is 12.0. The zero-order valence-corrected chi connectivity index (χ0v) is 10.7. The monoisotopic (exact) mass is 259 g/mol. The van der Waals surface area contributed by atoms with E-state index in [-0.39, 0.29) is 12.2 Å². The normalized spacial score (nSPS) is 20.2. The summed E-state index contributed by atoms with van der Waals surface area (Å²) in [6.45, 7) is 2.76. The van der Waals surface area contributed by atoms with Crippen LogP contribution in [0.4, 0.5) is 0 Å². The predicted octanol–water partition coefficient (Wildman–Crippen LogP) is 0.509. The van der Waals surface area contributed by atoms with Crippen LogP contribution in [0.2, 0.25) is 0 Å². The molecule has 1 aliphatic rings. The van der Waals surface area contributed by atoms with Crippen molar-refractivity contribution in [2.24, 2.45) is 5.92 Å². The van der Waals surface area contributed by atoms with Gasteiger partial charge >= 0.3 is 0 Å². The highest BCUT2D eigenvalue weighted by molar-refractivity contribution is 5.37. The van der Waals surface area contributed by atoms with Gasteiger partial charge in [-0.05, 0) is 31.0 Å². The molecule has 0 amide bonds. The smallest absolute Gasteiger partial charge is 0.258 e. The molecule has 1 N–H and O–H groups in total. The van der Waals surface area contributed by atoms with Crippen molar-refractivity contribution in [1.29, 1.82) is 0 Å². The molecule has 3 heterocycles. The molecule has 19 heavy (non-hydrogen) atoms. The summed E-state index contributed by atoms with van der Waals surface area (Å²) >= 11 is 0. The molecule has 0 aliphatic carbocycles. The molecule has 1 saturated heterocycles. The van der Waals surface area contributed by atoms with Gasteiger partial charge in [0.15, 0.2) is 0 Å². The maximum atomic E-state index is 12.0. The van der Waals surface area contributed by atoms with Gasteiger partial charge in [0.2, 0.25) is 0 Å². The molecular weight excluding hydrogens is 242 g/mol. The van der Waals surface area contributed by atoms with E-state index in [1.165, 1.54) is 0 Å². The van der Waals surface area contributed by atoms with Crippen molar-refractivity contribution in [2.45, 2.75) is 13.0 Å². The Labute approximate surface area is 111 Å². The summed E-state index contributed by atoms with van der Waals surface area (Å²) in [5.41, 5.74) is 1.44. The largest absolute Gasteiger partial charge is 0.396 e. The third kappa shape index (κ3) is 2.52. The topological polar surface area (TPSA) is 57.8 Å². The first-order valence-electron chi connectivity index (χ1n) is 6.57. The van der Waals surface area contributed by atoms with E-state index in [9.17, 15) is 4.79 Å². The van der Waals surface area contributed by atoms with E-state index in [0.717, 1.165) is 25.2 Å². The highest BCUT2D eigenvalue weighted by Gasteiger charge is 2.22. The number of aliphatic hydroxyl groups excluding tert-OH is 1. The average molecular weight is 259 g/mol. The minimum atomic E-state index is -0.0431. The lowest BCUT2D eigenvalue weighted by molar-refractivity contribution is 0.219. The van der Waals surface area contributed by atoms with E-state index in [0.29, 0.717) is 18.1 Å². The lowest BCUT2D eigenvalue weighted by atomic mass is 10.1. The third-order valence-electron chi connectivity index (χ3n) is 3.64. The number of fused-ring (bicyclic) bond motifs is 1. The molecule has 0 spiro atoms. The molecule has 1 atom stereocenters. The third-order valence-corrected chi connectivity index (χ3v) is 3.64. The van der Waals surface area contributed by atoms with Crippen LogP contribution in [0.3, 0.4) is 0 Å². The zero-order valence-electron chi connectivity index (χ0n) is 10.7. The van der Waals surface area contributed by atoms with Crippen LogP contribution in [0.5, 0.6) is 0 Å². The highest BCUT2D eigenvalue weighted by Crippen LogP contribution is 2.17. The molecule has 3 rings (SSSR count). The van der Waals surface area contributed by atoms with Crippen molar-refractivity contribution >= 4 is 5.65 Å². The molecule has 5 heteroatoms. The number of aromatic nitrogens is 2. The van der Waals surface area contributed by atoms with E-state index in [1.807, 2.05) is 18.2 Å². The van der Waals surface area contributed by atoms with Crippen molar-refractivity contribution in [3.05, 3.63) is 46.5 Å². The first-order chi connectivity index (χ1) is 9.26. The summed E-state index contributed by atoms with van der Waals surface area (Å²) in [7, 11) is 0. The van der Waals surface area contributed by atoms with Gasteiger partial charge < -0.3 is 5.11 Å². The van der Waals surface area contributed by atoms with Crippen LogP contribution in [0, 0.1) is 5.92 Å². The summed E-state index contributed by atoms with van der Waals surface area (Å²) in [5, 5.41) is 9.14. The van der Waals surface area contributed by atoms with Gasteiger partial charge in [0.1, 0.15) is 5.65 Å². The number of hydrogen-bond donors (Lipinski definition) is 1. The van der Waals surface area contributed by atoms with E-state index >= 15 is 0 Å². The Morgan fingerprint density at radius 2 is 2.32 bits per heavy atom. The SMILES string of the molecule is O=c1cc(CN2CCC(CO)C2)nc2ccccn12. The van der Waals surface area contributed by atoms with Crippen LogP contribution >= 0.6 is 0 Å². The Balaban J connectivity index is 1.84. The van der Waals surface area contributed by atoms with Crippen LogP contribution in [0.15, 0.2) is 35.3 Å². The van der Waals surface area contributed by atoms with Gasteiger partial charge in [0.05, 0.1) is 5.69 Å². The van der Waals surface area contributed by atoms with Gasteiger partial charge in [-0.3, -0.25) is 14.1 Å². The molecule has 1 fully saturated rings. The van der Waals surface area contributed by atoms with Crippen LogP contribution < -0.4 is 5.56 Å². The minimum absolute atomic E-state index is 0.0431. The molecule has 100 valence electrons. The molecule has 0 bridgehead atoms. The first kappa shape index (κ1) is 12.3. The quantitative estimate of drug-likeness (QED) is 0.872. The van der Waals surface area contributed by atoms with E-state index < -0.39 is 0 Å². The van der Waals surface area contributed by atoms with Gasteiger partial charge in [-0.25, -0.2) is 4.98 Å². The van der Waals surface area contributed by atoms with Gasteiger partial charge in [0, 0.05) is 32.0 Å². The zero-order chi connectivity index (χ0) is 13.2. The molecule has 0 radical (unpaired) electrons. The van der Waals surface area contributed by atoms with Crippen LogP contribution in [-0.2, 0) is 6.54 Å². The number of nitrogens with zero attached hydrogens (tertiary/aromatic N) is 3. The first-order valence-corrected chi connectivity index (χ1v) is 6.57. The second-order valence-corrected chi connectivity index (χ2v) is 5.09. The fraction of sp³-hybridized carbons (Fsp3) is 0.429. The molecule has 2 aromatic heterocycles. The standard InChI is InChI=1S/C14H17N3O2/c18-10-11-4-6-16(8-11)9-12-7-14(19)17-5-2-1-3-13(17)15-12/h1-3,5,7,11,18H,4,6,8-10H2. The fourth-order valence-electron chi connectivity index (χ4n) is 2.62. The number of pyridine rings is 1. The number of likely N-dealkylation sites (tertiary alicyclic amines) is 1. The van der Waals surface area contributed by atoms with E-state index in [1.54, 1.807) is 16.7 Å². The van der Waals surface area contributed by atoms with Gasteiger partial charge in [0.25, 0.3) is 5.56 Å². The molecule has 1 aliphatic heterocycles. The Bertz CT molecular complexity index is 638. The second-order valence-electron chi connectivity index (χ2n) is 5.09. The minimum Gasteiger partial charge on any atom is -0.396 e. The Kier molecular flexibility index (Phi) is 3.31. The Morgan fingerprint density at radius 1 is 1.42 bits per heavy atom. The van der Waals surface area contributed by atoms with Crippen LogP contribution in [-0.4, -0.2) is 39.1 Å². The molecule has 5 nitrogen and oxygen atoms in total. The summed E-state index contributed by atoms with van der Waals surface area (Å²) in [5.74, 6) is 0.363. The van der Waals surface area contributed by atoms with Gasteiger partial charge in [-0.2, -0.15) is 0 Å². The molecule has 2 aromatic rings. The summed E-state index contributed by atoms with van der Waals surface area (Å²) < 4.78 is 1.55. The summed E-state index contributed by atoms with van der Waals surface area (Å²) in [4.78, 5) is 18.7. The van der Waals surface area contributed by atoms with Crippen LogP contribution in [0.25, 0.3) is 5.65 Å². The lowest BCUT2D eigenvalue weighted by Gasteiger charge is -2.15. The number of rotatable bonds is 3.